The number of ether oxygens (including phenoxy) is 1. The molecule has 0 unspecified atom stereocenters. The zero-order chi connectivity index (χ0) is 20.9. The van der Waals surface area contributed by atoms with Crippen molar-refractivity contribution >= 4 is 59.6 Å². The first-order valence-electron chi connectivity index (χ1n) is 10.1. The number of methoxy groups -OCH3 is 1. The predicted molar refractivity (Wildman–Crippen MR) is 134 cm³/mol. The minimum Gasteiger partial charge on any atom is -0.497 e. The number of nitrogens with one attached hydrogen (secondary N) is 1. The van der Waals surface area contributed by atoms with E-state index in [-0.39, 0.29) is 36.8 Å². The van der Waals surface area contributed by atoms with Crippen LogP contribution in [0.15, 0.2) is 46.6 Å². The van der Waals surface area contributed by atoms with Crippen LogP contribution in [-0.4, -0.2) is 65.7 Å². The number of carbonyl (C=O) groups is 1. The molecule has 32 heavy (non-hydrogen) atoms. The normalized spacial score (nSPS) is 17.6. The highest BCUT2D eigenvalue weighted by Crippen LogP contribution is 2.28. The summed E-state index contributed by atoms with van der Waals surface area (Å²) in [6.45, 7) is 2.21. The van der Waals surface area contributed by atoms with E-state index in [0.717, 1.165) is 53.9 Å². The number of rotatable bonds is 6. The number of pyridine rings is 1. The Morgan fingerprint density at radius 1 is 1.31 bits per heavy atom. The molecule has 1 atom stereocenters. The molecule has 0 bridgehead atoms. The molecular formula is C22H28Cl2N4O3S. The molecule has 4 rings (SSSR count). The third kappa shape index (κ3) is 6.36. The number of β-amino-alcohol motifs (C(OH)–C–C–N with tert-alkyl or cyclic N) is 1. The number of nitrogens with zero attached hydrogens (tertiary/aromatic N) is 3. The molecule has 1 aromatic heterocycles. The summed E-state index contributed by atoms with van der Waals surface area (Å²) in [5, 5.41) is 14.9. The highest BCUT2D eigenvalue weighted by Gasteiger charge is 2.24. The summed E-state index contributed by atoms with van der Waals surface area (Å²) in [5.74, 6) is 1.45. The molecule has 1 saturated heterocycles. The fraction of sp³-hybridized carbons (Fsp3) is 0.409. The van der Waals surface area contributed by atoms with Crippen LogP contribution in [0.2, 0.25) is 0 Å². The summed E-state index contributed by atoms with van der Waals surface area (Å²) < 4.78 is 5.33. The van der Waals surface area contributed by atoms with Crippen molar-refractivity contribution in [1.82, 2.24) is 15.2 Å². The van der Waals surface area contributed by atoms with Gasteiger partial charge in [0, 0.05) is 55.4 Å². The summed E-state index contributed by atoms with van der Waals surface area (Å²) in [5.41, 5.74) is 1.70. The first-order valence-corrected chi connectivity index (χ1v) is 11.1. The standard InChI is InChI=1S/C22H26N4O3S.2ClH/c1-29-16-2-3-19-18(12-16)17(4-7-24-19)20(27)14-26-9-5-15(6-10-26)25-22(28)21-13-23-8-11-30-21;;/h2-4,7-8,12-13,15,20,27H,5-6,9-11,14H2,1H3,(H,25,28);2*1H/t20-;;/m0../s1. The van der Waals surface area contributed by atoms with E-state index < -0.39 is 6.10 Å². The van der Waals surface area contributed by atoms with Gasteiger partial charge in [-0.1, -0.05) is 0 Å². The van der Waals surface area contributed by atoms with E-state index in [2.05, 4.69) is 20.2 Å². The Bertz CT molecular complexity index is 981. The van der Waals surface area contributed by atoms with Gasteiger partial charge in [0.15, 0.2) is 0 Å². The molecule has 2 aromatic rings. The van der Waals surface area contributed by atoms with Gasteiger partial charge in [-0.15, -0.1) is 36.6 Å². The third-order valence-corrected chi connectivity index (χ3v) is 6.45. The van der Waals surface area contributed by atoms with Gasteiger partial charge in [-0.25, -0.2) is 0 Å². The van der Waals surface area contributed by atoms with Crippen LogP contribution in [0.4, 0.5) is 0 Å². The first kappa shape index (κ1) is 26.4. The molecule has 10 heteroatoms. The maximum Gasteiger partial charge on any atom is 0.259 e. The summed E-state index contributed by atoms with van der Waals surface area (Å²) in [7, 11) is 1.63. The Kier molecular flexibility index (Phi) is 10.2. The quantitative estimate of drug-likeness (QED) is 0.634. The lowest BCUT2D eigenvalue weighted by Gasteiger charge is -2.33. The fourth-order valence-corrected chi connectivity index (χ4v) is 4.54. The van der Waals surface area contributed by atoms with Crippen LogP contribution in [-0.2, 0) is 4.79 Å². The third-order valence-electron chi connectivity index (χ3n) is 5.53. The molecule has 0 radical (unpaired) electrons. The Morgan fingerprint density at radius 2 is 2.09 bits per heavy atom. The lowest BCUT2D eigenvalue weighted by Crippen LogP contribution is -2.45. The van der Waals surface area contributed by atoms with Gasteiger partial charge >= 0.3 is 0 Å². The Morgan fingerprint density at radius 3 is 2.78 bits per heavy atom. The lowest BCUT2D eigenvalue weighted by molar-refractivity contribution is -0.117. The van der Waals surface area contributed by atoms with E-state index in [4.69, 9.17) is 4.74 Å². The molecule has 0 saturated carbocycles. The van der Waals surface area contributed by atoms with Crippen LogP contribution < -0.4 is 10.1 Å². The molecule has 2 aliphatic heterocycles. The van der Waals surface area contributed by atoms with E-state index in [1.165, 1.54) is 11.8 Å². The molecule has 1 aromatic carbocycles. The molecular weight excluding hydrogens is 471 g/mol. The zero-order valence-electron chi connectivity index (χ0n) is 17.8. The molecule has 1 fully saturated rings. The number of hydrogen-bond donors (Lipinski definition) is 2. The Labute approximate surface area is 204 Å². The topological polar surface area (TPSA) is 87.0 Å². The van der Waals surface area contributed by atoms with Crippen LogP contribution in [0.5, 0.6) is 5.75 Å². The second-order valence-electron chi connectivity index (χ2n) is 7.48. The smallest absolute Gasteiger partial charge is 0.259 e. The van der Waals surface area contributed by atoms with Crippen LogP contribution in [0.25, 0.3) is 10.9 Å². The van der Waals surface area contributed by atoms with Crippen molar-refractivity contribution in [3.8, 4) is 5.75 Å². The van der Waals surface area contributed by atoms with Crippen LogP contribution in [0.3, 0.4) is 0 Å². The van der Waals surface area contributed by atoms with Gasteiger partial charge in [-0.3, -0.25) is 14.8 Å². The lowest BCUT2D eigenvalue weighted by atomic mass is 10.0. The van der Waals surface area contributed by atoms with E-state index >= 15 is 0 Å². The number of halogens is 2. The Balaban J connectivity index is 0.00000181. The van der Waals surface area contributed by atoms with Gasteiger partial charge in [-0.05, 0) is 42.7 Å². The minimum atomic E-state index is -0.615. The second-order valence-corrected chi connectivity index (χ2v) is 8.55. The molecule has 3 heterocycles. The van der Waals surface area contributed by atoms with Gasteiger partial charge in [0.1, 0.15) is 5.75 Å². The Hall–Kier alpha value is -1.84. The number of aliphatic hydroxyl groups is 1. The number of piperidine rings is 1. The minimum absolute atomic E-state index is 0. The maximum atomic E-state index is 12.3. The average molecular weight is 499 g/mol. The van der Waals surface area contributed by atoms with Crippen LogP contribution in [0.1, 0.15) is 24.5 Å². The number of likely N-dealkylation sites (tertiary alicyclic amines) is 1. The molecule has 2 N–H and O–H groups in total. The summed E-state index contributed by atoms with van der Waals surface area (Å²) in [6, 6.07) is 7.73. The second kappa shape index (κ2) is 12.4. The summed E-state index contributed by atoms with van der Waals surface area (Å²) in [4.78, 5) is 23.7. The summed E-state index contributed by atoms with van der Waals surface area (Å²) >= 11 is 1.51. The van der Waals surface area contributed by atoms with Crippen LogP contribution in [0, 0.1) is 0 Å². The van der Waals surface area contributed by atoms with Crippen molar-refractivity contribution < 1.29 is 14.6 Å². The number of thioether (sulfide) groups is 1. The zero-order valence-corrected chi connectivity index (χ0v) is 20.2. The van der Waals surface area contributed by atoms with E-state index in [1.54, 1.807) is 25.7 Å². The van der Waals surface area contributed by atoms with Crippen molar-refractivity contribution in [2.24, 2.45) is 4.99 Å². The van der Waals surface area contributed by atoms with Gasteiger partial charge in [0.05, 0.1) is 23.6 Å². The van der Waals surface area contributed by atoms with Crippen molar-refractivity contribution in [1.29, 1.82) is 0 Å². The van der Waals surface area contributed by atoms with Crippen molar-refractivity contribution in [2.45, 2.75) is 25.0 Å². The number of amides is 1. The van der Waals surface area contributed by atoms with Crippen molar-refractivity contribution in [2.75, 3.05) is 32.5 Å². The van der Waals surface area contributed by atoms with Crippen molar-refractivity contribution in [3.63, 3.8) is 0 Å². The number of aliphatic imine (C=N–C) groups is 1. The average Bonchev–Trinajstić information content (AvgIpc) is 2.80. The molecule has 1 amide bonds. The largest absolute Gasteiger partial charge is 0.497 e. The van der Waals surface area contributed by atoms with E-state index in [9.17, 15) is 9.90 Å². The number of fused-ring (bicyclic) bond motifs is 1. The molecule has 0 spiro atoms. The highest BCUT2D eigenvalue weighted by molar-refractivity contribution is 8.04. The highest BCUT2D eigenvalue weighted by atomic mass is 35.5. The van der Waals surface area contributed by atoms with Gasteiger partial charge < -0.3 is 20.1 Å². The molecule has 174 valence electrons. The number of aliphatic hydroxyl groups excluding tert-OH is 1. The summed E-state index contributed by atoms with van der Waals surface area (Å²) in [6.07, 6.45) is 6.28. The van der Waals surface area contributed by atoms with Gasteiger partial charge in [0.2, 0.25) is 0 Å². The van der Waals surface area contributed by atoms with E-state index in [1.807, 2.05) is 24.3 Å². The number of carbonyl (C=O) groups excluding carboxylic acids is 1. The molecule has 0 aliphatic carbocycles. The van der Waals surface area contributed by atoms with E-state index in [0.29, 0.717) is 11.4 Å². The van der Waals surface area contributed by atoms with Gasteiger partial charge in [0.25, 0.3) is 5.91 Å². The monoisotopic (exact) mass is 498 g/mol. The first-order chi connectivity index (χ1) is 14.6. The number of aromatic nitrogens is 1. The van der Waals surface area contributed by atoms with Crippen molar-refractivity contribution in [3.05, 3.63) is 47.1 Å². The fourth-order valence-electron chi connectivity index (χ4n) is 3.88. The number of benzene rings is 1. The molecule has 7 nitrogen and oxygen atoms in total. The predicted octanol–water partition coefficient (Wildman–Crippen LogP) is 3.36. The number of hydrogen-bond acceptors (Lipinski definition) is 7. The van der Waals surface area contributed by atoms with Gasteiger partial charge in [-0.2, -0.15) is 0 Å². The molecule has 2 aliphatic rings. The van der Waals surface area contributed by atoms with Crippen LogP contribution >= 0.6 is 36.6 Å². The SMILES string of the molecule is COc1ccc2nccc([C@@H](O)CN3CCC(NC(=O)C4=CN=CCS4)CC3)c2c1.Cl.Cl. The maximum absolute atomic E-state index is 12.3.